The summed E-state index contributed by atoms with van der Waals surface area (Å²) in [6.07, 6.45) is 6.97. The fourth-order valence-electron chi connectivity index (χ4n) is 5.32. The van der Waals surface area contributed by atoms with Crippen molar-refractivity contribution in [2.24, 2.45) is 17.8 Å². The van der Waals surface area contributed by atoms with Gasteiger partial charge in [0.05, 0.1) is 6.54 Å². The van der Waals surface area contributed by atoms with Crippen molar-refractivity contribution in [3.8, 4) is 0 Å². The first-order valence-electron chi connectivity index (χ1n) is 8.39. The molecule has 5 rings (SSSR count). The zero-order chi connectivity index (χ0) is 15.2. The van der Waals surface area contributed by atoms with E-state index in [1.807, 2.05) is 17.5 Å². The van der Waals surface area contributed by atoms with Gasteiger partial charge in [-0.15, -0.1) is 11.3 Å². The molecular weight excluding hydrogens is 296 g/mol. The topological polar surface area (TPSA) is 61.4 Å². The van der Waals surface area contributed by atoms with Crippen molar-refractivity contribution in [2.45, 2.75) is 50.2 Å². The highest BCUT2D eigenvalue weighted by molar-refractivity contribution is 7.10. The molecule has 4 aliphatic rings. The van der Waals surface area contributed by atoms with Gasteiger partial charge in [0.25, 0.3) is 0 Å². The lowest BCUT2D eigenvalue weighted by atomic mass is 9.53. The molecule has 4 bridgehead atoms. The monoisotopic (exact) mass is 320 g/mol. The summed E-state index contributed by atoms with van der Waals surface area (Å²) in [4.78, 5) is 13.2. The second-order valence-corrected chi connectivity index (χ2v) is 8.54. The largest absolute Gasteiger partial charge is 0.386 e. The average Bonchev–Trinajstić information content (AvgIpc) is 2.97. The zero-order valence-electron chi connectivity index (χ0n) is 12.8. The standard InChI is InChI=1S/C17H24N2O2S/c20-14(15-2-1-3-22-15)10-18-16(21)19-17-7-11-4-12(8-17)6-13(5-11)9-17/h1-3,11-14,20H,4-10H2,(H2,18,19,21). The molecule has 0 aliphatic heterocycles. The Balaban J connectivity index is 1.32. The van der Waals surface area contributed by atoms with Crippen LogP contribution in [0.2, 0.25) is 0 Å². The fraction of sp³-hybridized carbons (Fsp3) is 0.706. The van der Waals surface area contributed by atoms with Crippen LogP contribution in [0.5, 0.6) is 0 Å². The number of hydrogen-bond donors (Lipinski definition) is 3. The number of carbonyl (C=O) groups is 1. The smallest absolute Gasteiger partial charge is 0.315 e. The molecule has 1 aromatic heterocycles. The molecule has 5 heteroatoms. The van der Waals surface area contributed by atoms with Crippen molar-refractivity contribution in [3.05, 3.63) is 22.4 Å². The van der Waals surface area contributed by atoms with Gasteiger partial charge in [-0.3, -0.25) is 0 Å². The van der Waals surface area contributed by atoms with Crippen LogP contribution in [0.3, 0.4) is 0 Å². The number of urea groups is 1. The van der Waals surface area contributed by atoms with Gasteiger partial charge in [0, 0.05) is 10.4 Å². The highest BCUT2D eigenvalue weighted by Gasteiger charge is 2.51. The van der Waals surface area contributed by atoms with Gasteiger partial charge in [0.2, 0.25) is 0 Å². The number of nitrogens with one attached hydrogen (secondary N) is 2. The summed E-state index contributed by atoms with van der Waals surface area (Å²) >= 11 is 1.52. The molecule has 4 nitrogen and oxygen atoms in total. The Morgan fingerprint density at radius 3 is 2.45 bits per heavy atom. The SMILES string of the molecule is O=C(NCC(O)c1cccs1)NC12CC3CC(CC(C3)C1)C2. The molecule has 3 N–H and O–H groups in total. The summed E-state index contributed by atoms with van der Waals surface area (Å²) in [6, 6.07) is 3.70. The number of rotatable bonds is 4. The molecule has 0 spiro atoms. The van der Waals surface area contributed by atoms with Crippen LogP contribution in [-0.4, -0.2) is 23.2 Å². The van der Waals surface area contributed by atoms with Crippen molar-refractivity contribution in [2.75, 3.05) is 6.54 Å². The maximum absolute atomic E-state index is 12.3. The Labute approximate surface area is 135 Å². The lowest BCUT2D eigenvalue weighted by Gasteiger charge is -2.56. The van der Waals surface area contributed by atoms with E-state index in [0.29, 0.717) is 0 Å². The summed E-state index contributed by atoms with van der Waals surface area (Å²) in [7, 11) is 0. The first kappa shape index (κ1) is 14.5. The molecule has 1 heterocycles. The molecule has 1 aromatic rings. The molecule has 1 atom stereocenters. The summed E-state index contributed by atoms with van der Waals surface area (Å²) in [5.41, 5.74) is 0.0344. The fourth-order valence-corrected chi connectivity index (χ4v) is 6.03. The van der Waals surface area contributed by atoms with E-state index in [0.717, 1.165) is 41.9 Å². The van der Waals surface area contributed by atoms with Crippen molar-refractivity contribution < 1.29 is 9.90 Å². The highest BCUT2D eigenvalue weighted by Crippen LogP contribution is 2.55. The third kappa shape index (κ3) is 2.76. The Morgan fingerprint density at radius 2 is 1.91 bits per heavy atom. The lowest BCUT2D eigenvalue weighted by molar-refractivity contribution is -0.0136. The Kier molecular flexibility index (Phi) is 3.65. The highest BCUT2D eigenvalue weighted by atomic mass is 32.1. The molecule has 0 saturated heterocycles. The second kappa shape index (κ2) is 5.53. The van der Waals surface area contributed by atoms with Gasteiger partial charge in [-0.25, -0.2) is 4.79 Å². The van der Waals surface area contributed by atoms with Gasteiger partial charge in [-0.2, -0.15) is 0 Å². The molecule has 1 unspecified atom stereocenters. The van der Waals surface area contributed by atoms with E-state index >= 15 is 0 Å². The lowest BCUT2D eigenvalue weighted by Crippen LogP contribution is -2.61. The van der Waals surface area contributed by atoms with E-state index in [-0.39, 0.29) is 18.1 Å². The molecule has 4 fully saturated rings. The van der Waals surface area contributed by atoms with E-state index in [9.17, 15) is 9.90 Å². The number of carbonyl (C=O) groups excluding carboxylic acids is 1. The van der Waals surface area contributed by atoms with Crippen molar-refractivity contribution in [1.29, 1.82) is 0 Å². The van der Waals surface area contributed by atoms with Crippen molar-refractivity contribution in [1.82, 2.24) is 10.6 Å². The van der Waals surface area contributed by atoms with E-state index in [1.54, 1.807) is 0 Å². The van der Waals surface area contributed by atoms with Crippen LogP contribution < -0.4 is 10.6 Å². The van der Waals surface area contributed by atoms with Crippen LogP contribution in [-0.2, 0) is 0 Å². The van der Waals surface area contributed by atoms with Gasteiger partial charge in [-0.1, -0.05) is 6.07 Å². The van der Waals surface area contributed by atoms with Gasteiger partial charge in [0.15, 0.2) is 0 Å². The summed E-state index contributed by atoms with van der Waals surface area (Å²) in [5, 5.41) is 18.1. The third-order valence-corrected chi connectivity index (χ3v) is 6.72. The Morgan fingerprint density at radius 1 is 1.27 bits per heavy atom. The number of thiophene rings is 1. The maximum Gasteiger partial charge on any atom is 0.315 e. The van der Waals surface area contributed by atoms with Crippen LogP contribution in [0.15, 0.2) is 17.5 Å². The third-order valence-electron chi connectivity index (χ3n) is 5.74. The number of aliphatic hydroxyl groups is 1. The first-order valence-corrected chi connectivity index (χ1v) is 9.27. The van der Waals surface area contributed by atoms with Crippen LogP contribution >= 0.6 is 11.3 Å². The minimum Gasteiger partial charge on any atom is -0.386 e. The molecule has 0 aromatic carbocycles. The first-order chi connectivity index (χ1) is 10.6. The Bertz CT molecular complexity index is 508. The summed E-state index contributed by atoms with van der Waals surface area (Å²) < 4.78 is 0. The van der Waals surface area contributed by atoms with Crippen LogP contribution in [0.4, 0.5) is 4.79 Å². The van der Waals surface area contributed by atoms with E-state index < -0.39 is 6.10 Å². The minimum absolute atomic E-state index is 0.0344. The van der Waals surface area contributed by atoms with Crippen molar-refractivity contribution in [3.63, 3.8) is 0 Å². The average molecular weight is 320 g/mol. The van der Waals surface area contributed by atoms with E-state index in [1.165, 1.54) is 30.6 Å². The molecule has 4 aliphatic carbocycles. The molecule has 0 radical (unpaired) electrons. The van der Waals surface area contributed by atoms with Crippen LogP contribution in [0.1, 0.15) is 49.5 Å². The predicted octanol–water partition coefficient (Wildman–Crippen LogP) is 3.05. The number of hydrogen-bond acceptors (Lipinski definition) is 3. The van der Waals surface area contributed by atoms with Gasteiger partial charge >= 0.3 is 6.03 Å². The van der Waals surface area contributed by atoms with Crippen LogP contribution in [0.25, 0.3) is 0 Å². The molecule has 22 heavy (non-hydrogen) atoms. The second-order valence-electron chi connectivity index (χ2n) is 7.56. The molecular formula is C17H24N2O2S. The number of amides is 2. The maximum atomic E-state index is 12.3. The Hall–Kier alpha value is -1.07. The van der Waals surface area contributed by atoms with E-state index in [4.69, 9.17) is 0 Å². The normalized spacial score (nSPS) is 37.0. The van der Waals surface area contributed by atoms with Gasteiger partial charge in [-0.05, 0) is 67.7 Å². The molecule has 4 saturated carbocycles. The quantitative estimate of drug-likeness (QED) is 0.798. The number of aliphatic hydroxyl groups excluding tert-OH is 1. The summed E-state index contributed by atoms with van der Waals surface area (Å²) in [6.45, 7) is 0.277. The van der Waals surface area contributed by atoms with Crippen LogP contribution in [0, 0.1) is 17.8 Å². The predicted molar refractivity (Wildman–Crippen MR) is 86.7 cm³/mol. The van der Waals surface area contributed by atoms with Gasteiger partial charge < -0.3 is 15.7 Å². The molecule has 2 amide bonds. The van der Waals surface area contributed by atoms with Crippen molar-refractivity contribution >= 4 is 17.4 Å². The minimum atomic E-state index is -0.609. The van der Waals surface area contributed by atoms with Gasteiger partial charge in [0.1, 0.15) is 6.10 Å². The summed E-state index contributed by atoms with van der Waals surface area (Å²) in [5.74, 6) is 2.47. The molecule has 120 valence electrons. The van der Waals surface area contributed by atoms with E-state index in [2.05, 4.69) is 10.6 Å². The zero-order valence-corrected chi connectivity index (χ0v) is 13.6.